The van der Waals surface area contributed by atoms with E-state index < -0.39 is 97.3 Å². The van der Waals surface area contributed by atoms with Gasteiger partial charge in [-0.15, -0.1) is 0 Å². The van der Waals surface area contributed by atoms with Crippen molar-refractivity contribution >= 4 is 0 Å². The van der Waals surface area contributed by atoms with E-state index in [1.165, 1.54) is 0 Å². The molecule has 0 aliphatic carbocycles. The van der Waals surface area contributed by atoms with Crippen molar-refractivity contribution < 1.29 is 114 Å². The Balaban J connectivity index is 6.03. The van der Waals surface area contributed by atoms with Crippen LogP contribution in [0.1, 0.15) is 25.7 Å². The maximum absolute atomic E-state index is 13.5. The molecule has 0 aliphatic heterocycles. The monoisotopic (exact) mass is 694 g/mol. The van der Waals surface area contributed by atoms with Crippen LogP contribution in [0.3, 0.4) is 0 Å². The van der Waals surface area contributed by atoms with Gasteiger partial charge in [0.25, 0.3) is 0 Å². The fraction of sp³-hybridized carbons (Fsp3) is 1.00. The largest absolute Gasteiger partial charge is 0.460 e. The summed E-state index contributed by atoms with van der Waals surface area (Å²) in [6.45, 7) is 0. The molecule has 0 aliphatic rings. The lowest BCUT2D eigenvalue weighted by molar-refractivity contribution is -0.440. The van der Waals surface area contributed by atoms with Crippen molar-refractivity contribution in [3.05, 3.63) is 0 Å². The van der Waals surface area contributed by atoms with Crippen LogP contribution in [-0.2, 0) is 0 Å². The topological polar surface area (TPSA) is 0 Å². The van der Waals surface area contributed by atoms with Crippen LogP contribution in [0.5, 0.6) is 0 Å². The van der Waals surface area contributed by atoms with E-state index in [0.717, 1.165) is 0 Å². The SMILES string of the molecule is FC(F)(F)C(F)(F)C(F)(F)C(F)(F)C(F)(F)C(F)(F)CCCCC(F)(F)C(F)(F)C(F)(F)C(F)(F)C(F)(F)C(F)(F)F. The molecular formula is C16H8F26. The molecule has 26 heteroatoms. The Labute approximate surface area is 213 Å². The molecule has 42 heavy (non-hydrogen) atoms. The van der Waals surface area contributed by atoms with Gasteiger partial charge in [0.2, 0.25) is 0 Å². The summed E-state index contributed by atoms with van der Waals surface area (Å²) in [6, 6.07) is 0. The van der Waals surface area contributed by atoms with Crippen LogP contribution in [0.25, 0.3) is 0 Å². The second-order valence-corrected chi connectivity index (χ2v) is 8.21. The molecule has 0 nitrogen and oxygen atoms in total. The lowest BCUT2D eigenvalue weighted by Crippen LogP contribution is -2.70. The van der Waals surface area contributed by atoms with Gasteiger partial charge in [0.1, 0.15) is 0 Å². The molecule has 0 radical (unpaired) electrons. The fourth-order valence-electron chi connectivity index (χ4n) is 2.61. The standard InChI is InChI=1S/C16H8F26/c17-5(18,7(21,22)9(25,26)11(29,30)13(33,34)15(37,38)39)3-1-2-4-6(19,20)8(23,24)10(27,28)12(31,32)14(35,36)16(40,41)42/h1-4H2. The zero-order chi connectivity index (χ0) is 34.8. The number of halogens is 26. The molecule has 0 bridgehead atoms. The first-order valence-electron chi connectivity index (χ1n) is 9.62. The molecule has 0 unspecified atom stereocenters. The van der Waals surface area contributed by atoms with E-state index in [0.29, 0.717) is 0 Å². The van der Waals surface area contributed by atoms with E-state index in [-0.39, 0.29) is 0 Å². The highest BCUT2D eigenvalue weighted by atomic mass is 19.4. The molecular weight excluding hydrogens is 686 g/mol. The summed E-state index contributed by atoms with van der Waals surface area (Å²) in [5, 5.41) is 0. The molecule has 0 aromatic heterocycles. The highest BCUT2D eigenvalue weighted by Gasteiger charge is 2.92. The molecule has 0 amide bonds. The average molecular weight is 694 g/mol. The fourth-order valence-corrected chi connectivity index (χ4v) is 2.61. The van der Waals surface area contributed by atoms with Gasteiger partial charge in [0.15, 0.2) is 0 Å². The smallest absolute Gasteiger partial charge is 0.200 e. The molecule has 0 aromatic rings. The second-order valence-electron chi connectivity index (χ2n) is 8.21. The minimum atomic E-state index is -8.38. The molecule has 0 saturated carbocycles. The van der Waals surface area contributed by atoms with Crippen molar-refractivity contribution in [1.82, 2.24) is 0 Å². The Bertz CT molecular complexity index is 855. The van der Waals surface area contributed by atoms with Crippen molar-refractivity contribution in [3.63, 3.8) is 0 Å². The van der Waals surface area contributed by atoms with Gasteiger partial charge in [0.05, 0.1) is 0 Å². The van der Waals surface area contributed by atoms with Crippen LogP contribution in [0, 0.1) is 0 Å². The van der Waals surface area contributed by atoms with E-state index >= 15 is 0 Å². The molecule has 0 fully saturated rings. The van der Waals surface area contributed by atoms with Gasteiger partial charge in [-0.25, -0.2) is 0 Å². The van der Waals surface area contributed by atoms with Crippen LogP contribution in [0.4, 0.5) is 114 Å². The molecule has 0 aromatic carbocycles. The normalized spacial score (nSPS) is 16.7. The molecule has 0 heterocycles. The molecule has 0 N–H and O–H groups in total. The van der Waals surface area contributed by atoms with Crippen LogP contribution >= 0.6 is 0 Å². The molecule has 0 rings (SSSR count). The average Bonchev–Trinajstić information content (AvgIpc) is 2.74. The summed E-state index contributed by atoms with van der Waals surface area (Å²) in [7, 11) is 0. The van der Waals surface area contributed by atoms with Gasteiger partial charge in [0, 0.05) is 12.8 Å². The van der Waals surface area contributed by atoms with E-state index in [2.05, 4.69) is 0 Å². The highest BCUT2D eigenvalue weighted by molar-refractivity contribution is 5.11. The van der Waals surface area contributed by atoms with Gasteiger partial charge < -0.3 is 0 Å². The maximum atomic E-state index is 13.5. The van der Waals surface area contributed by atoms with Crippen LogP contribution in [-0.4, -0.2) is 71.6 Å². The van der Waals surface area contributed by atoms with Crippen molar-refractivity contribution in [3.8, 4) is 0 Å². The zero-order valence-electron chi connectivity index (χ0n) is 18.7. The summed E-state index contributed by atoms with van der Waals surface area (Å²) >= 11 is 0. The Morgan fingerprint density at radius 1 is 0.214 bits per heavy atom. The third-order valence-electron chi connectivity index (χ3n) is 5.23. The Morgan fingerprint density at radius 3 is 0.548 bits per heavy atom. The molecule has 254 valence electrons. The van der Waals surface area contributed by atoms with Crippen LogP contribution < -0.4 is 0 Å². The Hall–Kier alpha value is -1.82. The summed E-state index contributed by atoms with van der Waals surface area (Å²) in [4.78, 5) is 0. The van der Waals surface area contributed by atoms with Crippen molar-refractivity contribution in [2.24, 2.45) is 0 Å². The van der Waals surface area contributed by atoms with Crippen molar-refractivity contribution in [2.45, 2.75) is 97.3 Å². The number of unbranched alkanes of at least 4 members (excludes halogenated alkanes) is 1. The van der Waals surface area contributed by atoms with Gasteiger partial charge >= 0.3 is 71.6 Å². The Kier molecular flexibility index (Phi) is 9.93. The quantitative estimate of drug-likeness (QED) is 0.133. The minimum absolute atomic E-state index is 2.49. The predicted molar refractivity (Wildman–Crippen MR) is 80.0 cm³/mol. The van der Waals surface area contributed by atoms with Crippen molar-refractivity contribution in [2.75, 3.05) is 0 Å². The molecule has 0 atom stereocenters. The third kappa shape index (κ3) is 5.59. The number of alkyl halides is 26. The minimum Gasteiger partial charge on any atom is -0.200 e. The first-order chi connectivity index (χ1) is 17.7. The zero-order valence-corrected chi connectivity index (χ0v) is 18.7. The first kappa shape index (κ1) is 40.2. The van der Waals surface area contributed by atoms with Crippen LogP contribution in [0.15, 0.2) is 0 Å². The van der Waals surface area contributed by atoms with Crippen molar-refractivity contribution in [1.29, 1.82) is 0 Å². The summed E-state index contributed by atoms with van der Waals surface area (Å²) in [5.41, 5.74) is 0. The van der Waals surface area contributed by atoms with Gasteiger partial charge in [-0.05, 0) is 12.8 Å². The number of hydrogen-bond donors (Lipinski definition) is 0. The second kappa shape index (κ2) is 10.4. The van der Waals surface area contributed by atoms with Crippen LogP contribution in [0.2, 0.25) is 0 Å². The number of rotatable bonds is 13. The summed E-state index contributed by atoms with van der Waals surface area (Å²) < 4.78 is 336. The molecule has 0 saturated heterocycles. The van der Waals surface area contributed by atoms with Gasteiger partial charge in [-0.3, -0.25) is 0 Å². The molecule has 0 spiro atoms. The summed E-state index contributed by atoms with van der Waals surface area (Å²) in [5.74, 6) is -79.6. The maximum Gasteiger partial charge on any atom is 0.460 e. The first-order valence-corrected chi connectivity index (χ1v) is 9.62. The lowest BCUT2D eigenvalue weighted by atomic mass is 9.89. The van der Waals surface area contributed by atoms with E-state index in [4.69, 9.17) is 0 Å². The number of hydrogen-bond acceptors (Lipinski definition) is 0. The highest BCUT2D eigenvalue weighted by Crippen LogP contribution is 2.62. The third-order valence-corrected chi connectivity index (χ3v) is 5.23. The van der Waals surface area contributed by atoms with Gasteiger partial charge in [-0.2, -0.15) is 114 Å². The van der Waals surface area contributed by atoms with E-state index in [1.54, 1.807) is 0 Å². The predicted octanol–water partition coefficient (Wildman–Crippen LogP) is 10.0. The van der Waals surface area contributed by atoms with Gasteiger partial charge in [-0.1, -0.05) is 0 Å². The van der Waals surface area contributed by atoms with E-state index in [1.807, 2.05) is 0 Å². The lowest BCUT2D eigenvalue weighted by Gasteiger charge is -2.40. The summed E-state index contributed by atoms with van der Waals surface area (Å²) in [6.07, 6.45) is -27.2. The Morgan fingerprint density at radius 2 is 0.381 bits per heavy atom. The van der Waals surface area contributed by atoms with E-state index in [9.17, 15) is 114 Å².